The van der Waals surface area contributed by atoms with Crippen LogP contribution in [-0.2, 0) is 6.54 Å². The molecule has 1 spiro atoms. The third kappa shape index (κ3) is 6.15. The number of hydrogen-bond donors (Lipinski definition) is 1. The first-order chi connectivity index (χ1) is 21.7. The molecule has 3 aromatic heterocycles. The lowest BCUT2D eigenvalue weighted by Crippen LogP contribution is -2.46. The van der Waals surface area contributed by atoms with Gasteiger partial charge in [-0.25, -0.2) is 4.98 Å². The lowest BCUT2D eigenvalue weighted by atomic mass is 9.71. The topological polar surface area (TPSA) is 88.4 Å². The van der Waals surface area contributed by atoms with Crippen molar-refractivity contribution in [1.29, 1.82) is 0 Å². The highest BCUT2D eigenvalue weighted by Crippen LogP contribution is 2.42. The molecule has 0 saturated carbocycles. The van der Waals surface area contributed by atoms with Gasteiger partial charge in [0, 0.05) is 49.0 Å². The summed E-state index contributed by atoms with van der Waals surface area (Å²) in [5.74, 6) is 1.10. The number of imidazole rings is 1. The summed E-state index contributed by atoms with van der Waals surface area (Å²) >= 11 is 0. The summed E-state index contributed by atoms with van der Waals surface area (Å²) in [6.07, 6.45) is 10.5. The Morgan fingerprint density at radius 3 is 2.49 bits per heavy atom. The van der Waals surface area contributed by atoms with Crippen molar-refractivity contribution >= 4 is 28.6 Å². The second-order valence-electron chi connectivity index (χ2n) is 14.3. The van der Waals surface area contributed by atoms with E-state index in [1.165, 1.54) is 44.5 Å². The molecule has 236 valence electrons. The van der Waals surface area contributed by atoms with Crippen LogP contribution in [0.15, 0.2) is 48.8 Å². The van der Waals surface area contributed by atoms with Crippen LogP contribution >= 0.6 is 0 Å². The van der Waals surface area contributed by atoms with Gasteiger partial charge in [-0.1, -0.05) is 13.8 Å². The zero-order valence-electron chi connectivity index (χ0n) is 27.1. The van der Waals surface area contributed by atoms with Gasteiger partial charge in [0.25, 0.3) is 5.91 Å². The molecule has 0 radical (unpaired) electrons. The number of hydrogen-bond acceptors (Lipinski definition) is 7. The Labute approximate surface area is 266 Å². The summed E-state index contributed by atoms with van der Waals surface area (Å²) in [5.41, 5.74) is 6.36. The smallest absolute Gasteiger partial charge is 0.258 e. The minimum absolute atomic E-state index is 0.0610. The van der Waals surface area contributed by atoms with E-state index in [-0.39, 0.29) is 11.3 Å². The van der Waals surface area contributed by atoms with Crippen LogP contribution in [0.2, 0.25) is 0 Å². The number of pyridine rings is 2. The molecule has 7 rings (SSSR count). The number of likely N-dealkylation sites (tertiary alicyclic amines) is 1. The van der Waals surface area contributed by atoms with Gasteiger partial charge in [-0.05, 0) is 113 Å². The van der Waals surface area contributed by atoms with E-state index < -0.39 is 0 Å². The van der Waals surface area contributed by atoms with Crippen LogP contribution in [0.4, 0.5) is 11.6 Å². The van der Waals surface area contributed by atoms with Gasteiger partial charge in [0.05, 0.1) is 28.9 Å². The first-order valence-electron chi connectivity index (χ1n) is 16.5. The maximum absolute atomic E-state index is 13.8. The highest BCUT2D eigenvalue weighted by atomic mass is 16.5. The molecule has 2 fully saturated rings. The average molecular weight is 608 g/mol. The third-order valence-electron chi connectivity index (χ3n) is 10.3. The molecule has 9 nitrogen and oxygen atoms in total. The number of carbonyl (C=O) groups is 1. The fraction of sp³-hybridized carbons (Fsp3) is 0.500. The Balaban J connectivity index is 1.21. The van der Waals surface area contributed by atoms with E-state index in [0.29, 0.717) is 29.2 Å². The van der Waals surface area contributed by atoms with E-state index in [2.05, 4.69) is 63.8 Å². The Morgan fingerprint density at radius 1 is 0.911 bits per heavy atom. The fourth-order valence-electron chi connectivity index (χ4n) is 7.33. The van der Waals surface area contributed by atoms with Crippen LogP contribution in [0.25, 0.3) is 22.3 Å². The number of aryl methyl sites for hydroxylation is 2. The number of benzene rings is 1. The van der Waals surface area contributed by atoms with Crippen molar-refractivity contribution in [1.82, 2.24) is 24.4 Å². The molecule has 0 aliphatic carbocycles. The maximum Gasteiger partial charge on any atom is 0.258 e. The number of amides is 1. The minimum Gasteiger partial charge on any atom is -0.492 e. The van der Waals surface area contributed by atoms with Crippen LogP contribution in [0.1, 0.15) is 68.4 Å². The number of rotatable bonds is 1. The number of nitrogens with one attached hydrogen (secondary N) is 1. The summed E-state index contributed by atoms with van der Waals surface area (Å²) in [5, 5.41) is 3.16. The SMILES string of the molecule is Cc1cc2cc(n1)-c1cnccc1OCC(C)(C)CCCn1c(nc3ccc(N4CCC5(CCN(C)CC5)CC4)cc31)NC2=O. The van der Waals surface area contributed by atoms with Gasteiger partial charge in [-0.2, -0.15) is 0 Å². The van der Waals surface area contributed by atoms with E-state index in [9.17, 15) is 4.79 Å². The lowest BCUT2D eigenvalue weighted by molar-refractivity contribution is 0.0945. The number of ether oxygens (including phenoxy) is 1. The largest absolute Gasteiger partial charge is 0.492 e. The molecule has 3 aliphatic rings. The first-order valence-corrected chi connectivity index (χ1v) is 16.5. The number of piperidine rings is 2. The molecule has 45 heavy (non-hydrogen) atoms. The predicted octanol–water partition coefficient (Wildman–Crippen LogP) is 6.57. The zero-order chi connectivity index (χ0) is 31.2. The van der Waals surface area contributed by atoms with Crippen molar-refractivity contribution < 1.29 is 9.53 Å². The number of anilines is 2. The van der Waals surface area contributed by atoms with Gasteiger partial charge in [-0.3, -0.25) is 20.1 Å². The normalized spacial score (nSPS) is 20.4. The highest BCUT2D eigenvalue weighted by Gasteiger charge is 2.37. The van der Waals surface area contributed by atoms with Crippen molar-refractivity contribution in [2.75, 3.05) is 50.1 Å². The first kappa shape index (κ1) is 29.7. The summed E-state index contributed by atoms with van der Waals surface area (Å²) in [6.45, 7) is 12.3. The van der Waals surface area contributed by atoms with E-state index in [0.717, 1.165) is 60.5 Å². The number of aromatic nitrogens is 4. The van der Waals surface area contributed by atoms with Crippen molar-refractivity contribution in [3.8, 4) is 17.0 Å². The van der Waals surface area contributed by atoms with E-state index in [1.807, 2.05) is 25.1 Å². The molecule has 6 heterocycles. The quantitative estimate of drug-likeness (QED) is 0.262. The van der Waals surface area contributed by atoms with Crippen LogP contribution in [0, 0.1) is 17.8 Å². The fourth-order valence-corrected chi connectivity index (χ4v) is 7.33. The van der Waals surface area contributed by atoms with Crippen LogP contribution in [-0.4, -0.2) is 70.2 Å². The molecule has 1 N–H and O–H groups in total. The van der Waals surface area contributed by atoms with Crippen LogP contribution < -0.4 is 15.0 Å². The van der Waals surface area contributed by atoms with Gasteiger partial charge in [-0.15, -0.1) is 0 Å². The van der Waals surface area contributed by atoms with E-state index >= 15 is 0 Å². The van der Waals surface area contributed by atoms with Crippen molar-refractivity contribution in [2.24, 2.45) is 10.8 Å². The molecular weight excluding hydrogens is 562 g/mol. The molecule has 1 aromatic carbocycles. The second-order valence-corrected chi connectivity index (χ2v) is 14.3. The number of fused-ring (bicyclic) bond motifs is 7. The molecule has 0 atom stereocenters. The standard InChI is InChI=1S/C36H45N7O2/c1-25-20-26-21-30(38-25)28-23-37-14-8-32(28)45-24-35(2,3)9-5-15-43-31-22-27(6-7-29(31)39-34(43)40-33(26)44)42-18-12-36(13-19-42)10-16-41(4)17-11-36/h6-8,14,20-23H,5,9-13,15-19,24H2,1-4H3,(H,39,40,44). The summed E-state index contributed by atoms with van der Waals surface area (Å²) in [6, 6.07) is 12.1. The van der Waals surface area contributed by atoms with E-state index in [4.69, 9.17) is 14.7 Å². The minimum atomic E-state index is -0.209. The molecule has 2 bridgehead atoms. The van der Waals surface area contributed by atoms with Crippen molar-refractivity contribution in [3.05, 3.63) is 60.0 Å². The van der Waals surface area contributed by atoms with Gasteiger partial charge in [0.1, 0.15) is 5.75 Å². The monoisotopic (exact) mass is 607 g/mol. The number of carbonyl (C=O) groups excluding carboxylic acids is 1. The Hall–Kier alpha value is -3.98. The molecule has 4 aromatic rings. The number of nitrogens with zero attached hydrogens (tertiary/aromatic N) is 6. The molecule has 1 amide bonds. The van der Waals surface area contributed by atoms with Gasteiger partial charge >= 0.3 is 0 Å². The van der Waals surface area contributed by atoms with Gasteiger partial charge in [0.2, 0.25) is 5.95 Å². The Morgan fingerprint density at radius 2 is 1.69 bits per heavy atom. The summed E-state index contributed by atoms with van der Waals surface area (Å²) < 4.78 is 8.59. The molecule has 2 saturated heterocycles. The Kier molecular flexibility index (Phi) is 7.76. The van der Waals surface area contributed by atoms with Crippen molar-refractivity contribution in [3.63, 3.8) is 0 Å². The maximum atomic E-state index is 13.8. The third-order valence-corrected chi connectivity index (χ3v) is 10.3. The molecular formula is C36H45N7O2. The molecule has 9 heteroatoms. The zero-order valence-corrected chi connectivity index (χ0v) is 27.1. The van der Waals surface area contributed by atoms with E-state index in [1.54, 1.807) is 12.4 Å². The summed E-state index contributed by atoms with van der Waals surface area (Å²) in [4.78, 5) is 32.8. The predicted molar refractivity (Wildman–Crippen MR) is 179 cm³/mol. The van der Waals surface area contributed by atoms with Gasteiger partial charge in [0.15, 0.2) is 0 Å². The average Bonchev–Trinajstić information content (AvgIpc) is 3.37. The van der Waals surface area contributed by atoms with Crippen molar-refractivity contribution in [2.45, 2.75) is 65.8 Å². The Bertz CT molecular complexity index is 1710. The molecule has 3 aliphatic heterocycles. The van der Waals surface area contributed by atoms with Gasteiger partial charge < -0.3 is 19.1 Å². The van der Waals surface area contributed by atoms with Crippen LogP contribution in [0.5, 0.6) is 5.75 Å². The summed E-state index contributed by atoms with van der Waals surface area (Å²) in [7, 11) is 2.24. The molecule has 0 unspecified atom stereocenters. The second kappa shape index (κ2) is 11.7. The highest BCUT2D eigenvalue weighted by molar-refractivity contribution is 6.05. The van der Waals surface area contributed by atoms with Crippen LogP contribution in [0.3, 0.4) is 0 Å². The lowest BCUT2D eigenvalue weighted by Gasteiger charge is -2.46.